The van der Waals surface area contributed by atoms with Gasteiger partial charge < -0.3 is 15.0 Å². The lowest BCUT2D eigenvalue weighted by Crippen LogP contribution is -2.42. The Hall–Kier alpha value is -2.04. The van der Waals surface area contributed by atoms with Crippen molar-refractivity contribution >= 4 is 17.5 Å². The molecule has 1 aliphatic rings. The van der Waals surface area contributed by atoms with Gasteiger partial charge in [-0.1, -0.05) is 13.0 Å². The van der Waals surface area contributed by atoms with Crippen molar-refractivity contribution in [2.24, 2.45) is 0 Å². The van der Waals surface area contributed by atoms with E-state index in [0.29, 0.717) is 18.7 Å². The molecule has 1 unspecified atom stereocenters. The van der Waals surface area contributed by atoms with Crippen LogP contribution in [0.15, 0.2) is 18.2 Å². The van der Waals surface area contributed by atoms with E-state index in [-0.39, 0.29) is 24.5 Å². The summed E-state index contributed by atoms with van der Waals surface area (Å²) in [5, 5.41) is 2.91. The molecule has 1 aromatic carbocycles. The Balaban J connectivity index is 2.03. The van der Waals surface area contributed by atoms with Gasteiger partial charge in [0.1, 0.15) is 5.75 Å². The predicted octanol–water partition coefficient (Wildman–Crippen LogP) is 2.03. The van der Waals surface area contributed by atoms with E-state index in [4.69, 9.17) is 4.74 Å². The Morgan fingerprint density at radius 1 is 1.48 bits per heavy atom. The molecule has 114 valence electrons. The molecule has 0 radical (unpaired) electrons. The highest BCUT2D eigenvalue weighted by Gasteiger charge is 2.25. The molecule has 21 heavy (non-hydrogen) atoms. The van der Waals surface area contributed by atoms with Crippen LogP contribution < -0.4 is 15.0 Å². The number of nitrogens with zero attached hydrogens (tertiary/aromatic N) is 1. The first kappa shape index (κ1) is 15.4. The van der Waals surface area contributed by atoms with Gasteiger partial charge in [-0.3, -0.25) is 9.59 Å². The number of fused-ring (bicyclic) bond motifs is 1. The summed E-state index contributed by atoms with van der Waals surface area (Å²) < 4.78 is 5.44. The highest BCUT2D eigenvalue weighted by Crippen LogP contribution is 2.32. The normalized spacial score (nSPS) is 15.2. The number of nitrogens with one attached hydrogen (secondary N) is 1. The molecule has 2 amide bonds. The Labute approximate surface area is 125 Å². The average Bonchev–Trinajstić information content (AvgIpc) is 2.46. The standard InChI is InChI=1S/C16H22N2O3/c1-4-12(3)17-15(19)7-8-18-13-6-5-11(2)9-14(13)21-10-16(18)20/h5-6,9,12H,4,7-8,10H2,1-3H3,(H,17,19). The molecule has 1 aliphatic heterocycles. The van der Waals surface area contributed by atoms with Gasteiger partial charge >= 0.3 is 0 Å². The number of amides is 2. The number of carbonyl (C=O) groups excluding carboxylic acids is 2. The van der Waals surface area contributed by atoms with E-state index in [0.717, 1.165) is 17.7 Å². The third kappa shape index (κ3) is 3.74. The fourth-order valence-corrected chi connectivity index (χ4v) is 2.22. The molecule has 0 aliphatic carbocycles. The van der Waals surface area contributed by atoms with Crippen LogP contribution in [0.3, 0.4) is 0 Å². The van der Waals surface area contributed by atoms with E-state index in [1.54, 1.807) is 4.90 Å². The average molecular weight is 290 g/mol. The largest absolute Gasteiger partial charge is 0.482 e. The number of anilines is 1. The zero-order chi connectivity index (χ0) is 15.4. The Morgan fingerprint density at radius 2 is 2.24 bits per heavy atom. The number of rotatable bonds is 5. The van der Waals surface area contributed by atoms with Gasteiger partial charge in [0.05, 0.1) is 5.69 Å². The molecule has 1 heterocycles. The molecule has 5 heteroatoms. The first-order chi connectivity index (χ1) is 10.0. The van der Waals surface area contributed by atoms with Crippen molar-refractivity contribution in [3.05, 3.63) is 23.8 Å². The Bertz CT molecular complexity index is 542. The highest BCUT2D eigenvalue weighted by molar-refractivity contribution is 5.98. The fourth-order valence-electron chi connectivity index (χ4n) is 2.22. The third-order valence-corrected chi connectivity index (χ3v) is 3.64. The first-order valence-electron chi connectivity index (χ1n) is 7.34. The molecule has 0 saturated carbocycles. The molecule has 0 fully saturated rings. The smallest absolute Gasteiger partial charge is 0.265 e. The van der Waals surface area contributed by atoms with Gasteiger partial charge in [-0.05, 0) is 38.0 Å². The summed E-state index contributed by atoms with van der Waals surface area (Å²) in [6.45, 7) is 6.37. The molecular weight excluding hydrogens is 268 g/mol. The maximum atomic E-state index is 12.0. The maximum Gasteiger partial charge on any atom is 0.265 e. The van der Waals surface area contributed by atoms with Gasteiger partial charge in [-0.15, -0.1) is 0 Å². The van der Waals surface area contributed by atoms with Crippen molar-refractivity contribution in [3.8, 4) is 5.75 Å². The van der Waals surface area contributed by atoms with Crippen LogP contribution in [-0.4, -0.2) is 31.0 Å². The highest BCUT2D eigenvalue weighted by atomic mass is 16.5. The van der Waals surface area contributed by atoms with Crippen LogP contribution in [0.2, 0.25) is 0 Å². The summed E-state index contributed by atoms with van der Waals surface area (Å²) in [5.74, 6) is 0.567. The molecule has 1 aromatic rings. The zero-order valence-corrected chi connectivity index (χ0v) is 12.8. The van der Waals surface area contributed by atoms with E-state index >= 15 is 0 Å². The third-order valence-electron chi connectivity index (χ3n) is 3.64. The van der Waals surface area contributed by atoms with Crippen molar-refractivity contribution in [3.63, 3.8) is 0 Å². The minimum Gasteiger partial charge on any atom is -0.482 e. The summed E-state index contributed by atoms with van der Waals surface area (Å²) in [4.78, 5) is 25.5. The lowest BCUT2D eigenvalue weighted by Gasteiger charge is -2.29. The quantitative estimate of drug-likeness (QED) is 0.902. The van der Waals surface area contributed by atoms with Gasteiger partial charge in [0.15, 0.2) is 6.61 Å². The van der Waals surface area contributed by atoms with E-state index in [9.17, 15) is 9.59 Å². The first-order valence-corrected chi connectivity index (χ1v) is 7.34. The van der Waals surface area contributed by atoms with Gasteiger partial charge in [0, 0.05) is 19.0 Å². The number of benzene rings is 1. The molecule has 0 bridgehead atoms. The van der Waals surface area contributed by atoms with E-state index in [2.05, 4.69) is 5.32 Å². The van der Waals surface area contributed by atoms with Crippen LogP contribution >= 0.6 is 0 Å². The second-order valence-electron chi connectivity index (χ2n) is 5.43. The van der Waals surface area contributed by atoms with Gasteiger partial charge in [0.2, 0.25) is 5.91 Å². The number of aryl methyl sites for hydroxylation is 1. The zero-order valence-electron chi connectivity index (χ0n) is 12.8. The van der Waals surface area contributed by atoms with Crippen LogP contribution in [0.1, 0.15) is 32.3 Å². The lowest BCUT2D eigenvalue weighted by molar-refractivity contribution is -0.122. The number of hydrogen-bond acceptors (Lipinski definition) is 3. The molecule has 1 atom stereocenters. The molecule has 2 rings (SSSR count). The van der Waals surface area contributed by atoms with Gasteiger partial charge in [0.25, 0.3) is 5.91 Å². The Kier molecular flexibility index (Phi) is 4.83. The SMILES string of the molecule is CCC(C)NC(=O)CCN1C(=O)COc2cc(C)ccc21. The minimum atomic E-state index is -0.109. The lowest BCUT2D eigenvalue weighted by atomic mass is 10.1. The van der Waals surface area contributed by atoms with Gasteiger partial charge in [-0.2, -0.15) is 0 Å². The van der Waals surface area contributed by atoms with Crippen LogP contribution in [0.4, 0.5) is 5.69 Å². The minimum absolute atomic E-state index is 0.0303. The number of carbonyl (C=O) groups is 2. The van der Waals surface area contributed by atoms with Crippen molar-refractivity contribution in [1.82, 2.24) is 5.32 Å². The van der Waals surface area contributed by atoms with E-state index in [1.165, 1.54) is 0 Å². The topological polar surface area (TPSA) is 58.6 Å². The van der Waals surface area contributed by atoms with Crippen LogP contribution in [-0.2, 0) is 9.59 Å². The second kappa shape index (κ2) is 6.61. The number of ether oxygens (including phenoxy) is 1. The van der Waals surface area contributed by atoms with Crippen LogP contribution in [0.5, 0.6) is 5.75 Å². The van der Waals surface area contributed by atoms with Crippen molar-refractivity contribution in [2.75, 3.05) is 18.1 Å². The summed E-state index contributed by atoms with van der Waals surface area (Å²) in [6.07, 6.45) is 1.19. The summed E-state index contributed by atoms with van der Waals surface area (Å²) >= 11 is 0. The molecule has 1 N–H and O–H groups in total. The molecule has 0 spiro atoms. The molecule has 0 saturated heterocycles. The van der Waals surface area contributed by atoms with Crippen molar-refractivity contribution in [2.45, 2.75) is 39.7 Å². The second-order valence-corrected chi connectivity index (χ2v) is 5.43. The summed E-state index contributed by atoms with van der Waals surface area (Å²) in [5.41, 5.74) is 1.82. The van der Waals surface area contributed by atoms with Crippen molar-refractivity contribution in [1.29, 1.82) is 0 Å². The summed E-state index contributed by atoms with van der Waals surface area (Å²) in [7, 11) is 0. The van der Waals surface area contributed by atoms with Gasteiger partial charge in [-0.25, -0.2) is 0 Å². The van der Waals surface area contributed by atoms with E-state index in [1.807, 2.05) is 39.0 Å². The predicted molar refractivity (Wildman–Crippen MR) is 81.5 cm³/mol. The van der Waals surface area contributed by atoms with E-state index < -0.39 is 0 Å². The molecular formula is C16H22N2O3. The molecule has 0 aromatic heterocycles. The van der Waals surface area contributed by atoms with Crippen LogP contribution in [0, 0.1) is 6.92 Å². The van der Waals surface area contributed by atoms with Crippen molar-refractivity contribution < 1.29 is 14.3 Å². The molecule has 5 nitrogen and oxygen atoms in total. The van der Waals surface area contributed by atoms with Crippen LogP contribution in [0.25, 0.3) is 0 Å². The fraction of sp³-hybridized carbons (Fsp3) is 0.500. The Morgan fingerprint density at radius 3 is 2.95 bits per heavy atom. The number of hydrogen-bond donors (Lipinski definition) is 1. The maximum absolute atomic E-state index is 12.0. The monoisotopic (exact) mass is 290 g/mol. The summed E-state index contributed by atoms with van der Waals surface area (Å²) in [6, 6.07) is 5.88.